The number of aromatic nitrogens is 1. The number of hydrogen-bond acceptors (Lipinski definition) is 4. The van der Waals surface area contributed by atoms with Crippen molar-refractivity contribution in [2.24, 2.45) is 7.05 Å². The summed E-state index contributed by atoms with van der Waals surface area (Å²) in [5.74, 6) is -0.136. The van der Waals surface area contributed by atoms with Crippen molar-refractivity contribution in [2.75, 3.05) is 13.7 Å². The van der Waals surface area contributed by atoms with Gasteiger partial charge < -0.3 is 19.4 Å². The van der Waals surface area contributed by atoms with E-state index in [-0.39, 0.29) is 18.9 Å². The normalized spacial score (nSPS) is 11.9. The third-order valence-corrected chi connectivity index (χ3v) is 5.12. The number of benzene rings is 2. The third kappa shape index (κ3) is 4.38. The van der Waals surface area contributed by atoms with E-state index in [0.29, 0.717) is 16.5 Å². The van der Waals surface area contributed by atoms with Gasteiger partial charge >= 0.3 is 5.97 Å². The highest BCUT2D eigenvalue weighted by Crippen LogP contribution is 2.30. The Morgan fingerprint density at radius 2 is 1.93 bits per heavy atom. The van der Waals surface area contributed by atoms with E-state index >= 15 is 0 Å². The Hall–Kier alpha value is -2.99. The predicted molar refractivity (Wildman–Crippen MR) is 112 cm³/mol. The van der Waals surface area contributed by atoms with Gasteiger partial charge in [-0.05, 0) is 30.7 Å². The van der Waals surface area contributed by atoms with Gasteiger partial charge in [-0.2, -0.15) is 0 Å². The Morgan fingerprint density at radius 1 is 1.17 bits per heavy atom. The molecule has 1 amide bonds. The van der Waals surface area contributed by atoms with E-state index in [4.69, 9.17) is 21.1 Å². The number of esters is 1. The number of fused-ring (bicyclic) bond motifs is 1. The van der Waals surface area contributed by atoms with Crippen molar-refractivity contribution < 1.29 is 19.1 Å². The number of para-hydroxylation sites is 1. The summed E-state index contributed by atoms with van der Waals surface area (Å²) >= 11 is 6.50. The van der Waals surface area contributed by atoms with Gasteiger partial charge in [0.1, 0.15) is 11.4 Å². The first-order chi connectivity index (χ1) is 14.0. The molecule has 0 aliphatic rings. The average Bonchev–Trinajstić information content (AvgIpc) is 2.98. The molecule has 0 aliphatic heterocycles. The minimum atomic E-state index is -0.592. The molecule has 152 valence electrons. The van der Waals surface area contributed by atoms with Crippen molar-refractivity contribution in [3.05, 3.63) is 64.8 Å². The van der Waals surface area contributed by atoms with Crippen LogP contribution in [0.3, 0.4) is 0 Å². The lowest BCUT2D eigenvalue weighted by Gasteiger charge is -2.19. The van der Waals surface area contributed by atoms with Crippen LogP contribution in [0.15, 0.2) is 48.5 Å². The number of nitrogens with one attached hydrogen (secondary N) is 1. The van der Waals surface area contributed by atoms with E-state index in [1.54, 1.807) is 37.8 Å². The van der Waals surface area contributed by atoms with Gasteiger partial charge in [0.15, 0.2) is 0 Å². The van der Waals surface area contributed by atoms with Gasteiger partial charge in [-0.3, -0.25) is 9.59 Å². The molecule has 0 saturated carbocycles. The van der Waals surface area contributed by atoms with Gasteiger partial charge in [0.25, 0.3) is 5.91 Å². The number of amides is 1. The second-order valence-corrected chi connectivity index (χ2v) is 6.93. The fourth-order valence-electron chi connectivity index (χ4n) is 3.32. The summed E-state index contributed by atoms with van der Waals surface area (Å²) in [7, 11) is 3.35. The van der Waals surface area contributed by atoms with Crippen LogP contribution in [0.5, 0.6) is 5.75 Å². The SMILES string of the molecule is CCOC(=O)CC(NC(=O)c1c(Cl)c2ccccc2n1C)c1cccc(OC)c1. The molecule has 0 aliphatic carbocycles. The Kier molecular flexibility index (Phi) is 6.44. The Bertz CT molecular complexity index is 1010. The molecule has 0 saturated heterocycles. The fraction of sp³-hybridized carbons (Fsp3) is 0.273. The molecular weight excluding hydrogens is 392 g/mol. The highest BCUT2D eigenvalue weighted by Gasteiger charge is 2.25. The second kappa shape index (κ2) is 9.01. The number of ether oxygens (including phenoxy) is 2. The predicted octanol–water partition coefficient (Wildman–Crippen LogP) is 4.26. The molecule has 7 heteroatoms. The second-order valence-electron chi connectivity index (χ2n) is 6.55. The van der Waals surface area contributed by atoms with Crippen LogP contribution in [-0.2, 0) is 16.6 Å². The summed E-state index contributed by atoms with van der Waals surface area (Å²) in [5, 5.41) is 4.10. The zero-order valence-corrected chi connectivity index (χ0v) is 17.3. The molecule has 0 spiro atoms. The molecule has 6 nitrogen and oxygen atoms in total. The first-order valence-corrected chi connectivity index (χ1v) is 9.67. The number of carbonyl (C=O) groups excluding carboxylic acids is 2. The molecule has 1 N–H and O–H groups in total. The fourth-order valence-corrected chi connectivity index (χ4v) is 3.70. The summed E-state index contributed by atoms with van der Waals surface area (Å²) in [4.78, 5) is 25.3. The van der Waals surface area contributed by atoms with E-state index in [2.05, 4.69) is 5.32 Å². The van der Waals surface area contributed by atoms with Crippen LogP contribution < -0.4 is 10.1 Å². The number of halogens is 1. The molecule has 1 heterocycles. The lowest BCUT2D eigenvalue weighted by molar-refractivity contribution is -0.143. The summed E-state index contributed by atoms with van der Waals surface area (Å²) in [6.07, 6.45) is -0.00565. The van der Waals surface area contributed by atoms with Crippen LogP contribution in [0.4, 0.5) is 0 Å². The van der Waals surface area contributed by atoms with Gasteiger partial charge in [-0.1, -0.05) is 41.9 Å². The van der Waals surface area contributed by atoms with Crippen molar-refractivity contribution >= 4 is 34.4 Å². The van der Waals surface area contributed by atoms with E-state index in [1.165, 1.54) is 0 Å². The van der Waals surface area contributed by atoms with Crippen molar-refractivity contribution in [1.29, 1.82) is 0 Å². The van der Waals surface area contributed by atoms with Crippen molar-refractivity contribution in [1.82, 2.24) is 9.88 Å². The number of nitrogens with zero attached hydrogens (tertiary/aromatic N) is 1. The Morgan fingerprint density at radius 3 is 2.62 bits per heavy atom. The first kappa shape index (κ1) is 20.7. The van der Waals surface area contributed by atoms with Crippen LogP contribution in [0, 0.1) is 0 Å². The third-order valence-electron chi connectivity index (χ3n) is 4.74. The molecule has 1 atom stereocenters. The molecule has 3 aromatic rings. The monoisotopic (exact) mass is 414 g/mol. The maximum atomic E-state index is 13.1. The molecule has 0 fully saturated rings. The van der Waals surface area contributed by atoms with Crippen molar-refractivity contribution in [2.45, 2.75) is 19.4 Å². The lowest BCUT2D eigenvalue weighted by atomic mass is 10.0. The maximum absolute atomic E-state index is 13.1. The molecule has 0 bridgehead atoms. The Labute approximate surface area is 174 Å². The number of carbonyl (C=O) groups is 2. The van der Waals surface area contributed by atoms with Crippen LogP contribution in [0.2, 0.25) is 5.02 Å². The van der Waals surface area contributed by atoms with Gasteiger partial charge in [-0.15, -0.1) is 0 Å². The van der Waals surface area contributed by atoms with Crippen LogP contribution >= 0.6 is 11.6 Å². The molecule has 2 aromatic carbocycles. The largest absolute Gasteiger partial charge is 0.497 e. The number of methoxy groups -OCH3 is 1. The number of rotatable bonds is 7. The topological polar surface area (TPSA) is 69.6 Å². The molecule has 1 unspecified atom stereocenters. The minimum absolute atomic E-state index is 0.00565. The molecule has 1 aromatic heterocycles. The van der Waals surface area contributed by atoms with Gasteiger partial charge in [0.05, 0.1) is 31.2 Å². The van der Waals surface area contributed by atoms with E-state index in [1.807, 2.05) is 36.4 Å². The number of hydrogen-bond donors (Lipinski definition) is 1. The minimum Gasteiger partial charge on any atom is -0.497 e. The quantitative estimate of drug-likeness (QED) is 0.586. The van der Waals surface area contributed by atoms with Crippen LogP contribution in [-0.4, -0.2) is 30.2 Å². The summed E-state index contributed by atoms with van der Waals surface area (Å²) in [5.41, 5.74) is 1.93. The average molecular weight is 415 g/mol. The van der Waals surface area contributed by atoms with Gasteiger partial charge in [-0.25, -0.2) is 0 Å². The molecular formula is C22H23ClN2O4. The van der Waals surface area contributed by atoms with Crippen molar-refractivity contribution in [3.8, 4) is 5.75 Å². The van der Waals surface area contributed by atoms with Gasteiger partial charge in [0, 0.05) is 18.0 Å². The summed E-state index contributed by atoms with van der Waals surface area (Å²) < 4.78 is 12.1. The van der Waals surface area contributed by atoms with E-state index in [0.717, 1.165) is 16.5 Å². The van der Waals surface area contributed by atoms with Crippen LogP contribution in [0.1, 0.15) is 35.4 Å². The van der Waals surface area contributed by atoms with E-state index < -0.39 is 12.0 Å². The van der Waals surface area contributed by atoms with Gasteiger partial charge in [0.2, 0.25) is 0 Å². The lowest BCUT2D eigenvalue weighted by Crippen LogP contribution is -2.32. The molecule has 3 rings (SSSR count). The zero-order valence-electron chi connectivity index (χ0n) is 16.6. The highest BCUT2D eigenvalue weighted by molar-refractivity contribution is 6.38. The summed E-state index contributed by atoms with van der Waals surface area (Å²) in [6.45, 7) is 2.01. The highest BCUT2D eigenvalue weighted by atomic mass is 35.5. The zero-order chi connectivity index (χ0) is 21.0. The Balaban J connectivity index is 1.95. The van der Waals surface area contributed by atoms with Crippen LogP contribution in [0.25, 0.3) is 10.9 Å². The standard InChI is InChI=1S/C22H23ClN2O4/c1-4-29-19(26)13-17(14-8-7-9-15(12-14)28-3)24-22(27)21-20(23)16-10-5-6-11-18(16)25(21)2/h5-12,17H,4,13H2,1-3H3,(H,24,27). The summed E-state index contributed by atoms with van der Waals surface area (Å²) in [6, 6.07) is 14.2. The van der Waals surface area contributed by atoms with Crippen molar-refractivity contribution in [3.63, 3.8) is 0 Å². The maximum Gasteiger partial charge on any atom is 0.308 e. The number of aryl methyl sites for hydroxylation is 1. The molecule has 0 radical (unpaired) electrons. The molecule has 29 heavy (non-hydrogen) atoms. The van der Waals surface area contributed by atoms with E-state index in [9.17, 15) is 9.59 Å². The smallest absolute Gasteiger partial charge is 0.308 e. The first-order valence-electron chi connectivity index (χ1n) is 9.29.